The molecule has 0 saturated heterocycles. The van der Waals surface area contributed by atoms with Crippen molar-refractivity contribution in [2.45, 2.75) is 13.8 Å². The van der Waals surface area contributed by atoms with Crippen molar-refractivity contribution in [3.63, 3.8) is 0 Å². The van der Waals surface area contributed by atoms with Gasteiger partial charge in [0, 0.05) is 0 Å². The van der Waals surface area contributed by atoms with Gasteiger partial charge in [-0.3, -0.25) is 0 Å². The number of nitrogens with zero attached hydrogens (tertiary/aromatic N) is 1. The summed E-state index contributed by atoms with van der Waals surface area (Å²) >= 11 is 0. The van der Waals surface area contributed by atoms with Crippen molar-refractivity contribution in [2.75, 3.05) is 0 Å². The van der Waals surface area contributed by atoms with E-state index in [-0.39, 0.29) is 0 Å². The van der Waals surface area contributed by atoms with E-state index >= 15 is 0 Å². The normalized spacial score (nSPS) is 6.80. The van der Waals surface area contributed by atoms with Gasteiger partial charge < -0.3 is 4.90 Å². The van der Waals surface area contributed by atoms with Crippen molar-refractivity contribution in [2.24, 2.45) is 4.90 Å². The second-order valence-corrected chi connectivity index (χ2v) is 1.17. The Balaban J connectivity index is 3.14. The van der Waals surface area contributed by atoms with E-state index in [0.29, 0.717) is 0 Å². The second-order valence-electron chi connectivity index (χ2n) is 1.17. The summed E-state index contributed by atoms with van der Waals surface area (Å²) in [6, 6.07) is 0. The molecular weight excluding hydrogens is 60.9 g/mol. The Morgan fingerprint density at radius 3 is 1.80 bits per heavy atom. The maximum absolute atomic E-state index is 3.81. The molecule has 0 atom stereocenters. The minimum absolute atomic E-state index is 1.13. The Labute approximate surface area is 33.5 Å². The molecule has 0 rings (SSSR count). The summed E-state index contributed by atoms with van der Waals surface area (Å²) in [6.45, 7) is 3.94. The Morgan fingerprint density at radius 2 is 1.80 bits per heavy atom. The first-order chi connectivity index (χ1) is 2.27. The van der Waals surface area contributed by atoms with Crippen molar-refractivity contribution in [3.8, 4) is 0 Å². The summed E-state index contributed by atoms with van der Waals surface area (Å²) in [5.41, 5.74) is 1.13. The molecule has 0 aromatic carbocycles. The van der Waals surface area contributed by atoms with E-state index in [1.54, 1.807) is 7.98 Å². The molecule has 0 fully saturated rings. The Morgan fingerprint density at radius 1 is 1.60 bits per heavy atom. The van der Waals surface area contributed by atoms with Crippen LogP contribution in [0.4, 0.5) is 0 Å². The molecule has 28 valence electrons. The predicted octanol–water partition coefficient (Wildman–Crippen LogP) is 0.0153. The fourth-order valence-electron chi connectivity index (χ4n) is 0. The lowest BCUT2D eigenvalue weighted by Gasteiger charge is -1.74. The topological polar surface area (TPSA) is 12.4 Å². The van der Waals surface area contributed by atoms with Crippen LogP contribution in [0.2, 0.25) is 0 Å². The highest BCUT2D eigenvalue weighted by Crippen LogP contribution is 1.62. The van der Waals surface area contributed by atoms with Crippen molar-refractivity contribution >= 4 is 13.7 Å². The van der Waals surface area contributed by atoms with Crippen LogP contribution in [0.1, 0.15) is 13.8 Å². The van der Waals surface area contributed by atoms with Crippen LogP contribution in [0.25, 0.3) is 0 Å². The molecule has 5 heavy (non-hydrogen) atoms. The first-order valence-corrected chi connectivity index (χ1v) is 1.67. The van der Waals surface area contributed by atoms with Gasteiger partial charge in [0.15, 0.2) is 0 Å². The van der Waals surface area contributed by atoms with Crippen LogP contribution in [0.15, 0.2) is 4.90 Å². The maximum Gasteiger partial charge on any atom is 0.244 e. The molecule has 0 aromatic heterocycles. The molecule has 0 unspecified atom stereocenters. The van der Waals surface area contributed by atoms with Gasteiger partial charge >= 0.3 is 0 Å². The summed E-state index contributed by atoms with van der Waals surface area (Å²) in [5.74, 6) is 0. The summed E-state index contributed by atoms with van der Waals surface area (Å²) in [7, 11) is 1.79. The Bertz CT molecular complexity index is 44.9. The van der Waals surface area contributed by atoms with Gasteiger partial charge in [0.25, 0.3) is 0 Å². The molecule has 0 aliphatic heterocycles. The first kappa shape index (κ1) is 4.73. The number of rotatable bonds is 0. The van der Waals surface area contributed by atoms with E-state index in [1.807, 2.05) is 13.8 Å². The molecule has 1 nitrogen and oxygen atoms in total. The van der Waals surface area contributed by atoms with E-state index in [9.17, 15) is 0 Å². The molecule has 0 saturated carbocycles. The van der Waals surface area contributed by atoms with Gasteiger partial charge in [0.05, 0.1) is 0 Å². The molecule has 0 aromatic rings. The van der Waals surface area contributed by atoms with Crippen LogP contribution in [-0.4, -0.2) is 13.7 Å². The van der Waals surface area contributed by atoms with Crippen LogP contribution in [0.5, 0.6) is 0 Å². The molecule has 0 N–H and O–H groups in total. The zero-order valence-corrected chi connectivity index (χ0v) is 3.95. The van der Waals surface area contributed by atoms with Crippen LogP contribution in [0, 0.1) is 0 Å². The SMILES string of the molecule is BN=C(C)C. The third-order valence-corrected chi connectivity index (χ3v) is 0.447. The minimum Gasteiger partial charge on any atom is -0.360 e. The van der Waals surface area contributed by atoms with Gasteiger partial charge in [-0.2, -0.15) is 0 Å². The largest absolute Gasteiger partial charge is 0.360 e. The fourth-order valence-corrected chi connectivity index (χ4v) is 0. The van der Waals surface area contributed by atoms with Gasteiger partial charge in [0.2, 0.25) is 7.98 Å². The average Bonchev–Trinajstić information content (AvgIpc) is 1.38. The van der Waals surface area contributed by atoms with Crippen molar-refractivity contribution in [1.82, 2.24) is 0 Å². The van der Waals surface area contributed by atoms with Crippen molar-refractivity contribution < 1.29 is 0 Å². The molecule has 2 heteroatoms. The van der Waals surface area contributed by atoms with Crippen LogP contribution in [-0.2, 0) is 0 Å². The summed E-state index contributed by atoms with van der Waals surface area (Å²) in [6.07, 6.45) is 0. The molecule has 0 aliphatic carbocycles. The fraction of sp³-hybridized carbons (Fsp3) is 0.667. The predicted molar refractivity (Wildman–Crippen MR) is 27.3 cm³/mol. The van der Waals surface area contributed by atoms with Gasteiger partial charge in [-0.05, 0) is 19.6 Å². The number of hydrogen-bond donors (Lipinski definition) is 0. The highest BCUT2D eigenvalue weighted by molar-refractivity contribution is 6.11. The zero-order valence-electron chi connectivity index (χ0n) is 3.95. The molecule has 0 heterocycles. The van der Waals surface area contributed by atoms with Crippen molar-refractivity contribution in [3.05, 3.63) is 0 Å². The molecule has 0 spiro atoms. The van der Waals surface area contributed by atoms with E-state index in [2.05, 4.69) is 4.90 Å². The van der Waals surface area contributed by atoms with E-state index in [4.69, 9.17) is 0 Å². The van der Waals surface area contributed by atoms with Crippen LogP contribution >= 0.6 is 0 Å². The summed E-state index contributed by atoms with van der Waals surface area (Å²) in [5, 5.41) is 0. The lowest BCUT2D eigenvalue weighted by molar-refractivity contribution is 1.66. The average molecular weight is 68.9 g/mol. The summed E-state index contributed by atoms with van der Waals surface area (Å²) in [4.78, 5) is 3.81. The van der Waals surface area contributed by atoms with Gasteiger partial charge in [0.1, 0.15) is 0 Å². The standard InChI is InChI=1S/C3H8BN/c1-3(2)5-4/h4H2,1-2H3. The molecule has 0 aliphatic rings. The molecule has 0 amide bonds. The maximum atomic E-state index is 3.81. The zero-order chi connectivity index (χ0) is 4.28. The quantitative estimate of drug-likeness (QED) is 0.280. The second kappa shape index (κ2) is 2.00. The smallest absolute Gasteiger partial charge is 0.244 e. The minimum atomic E-state index is 1.13. The van der Waals surface area contributed by atoms with Crippen LogP contribution < -0.4 is 0 Å². The van der Waals surface area contributed by atoms with E-state index in [0.717, 1.165) is 5.71 Å². The third kappa shape index (κ3) is 3.73. The molecular formula is C3H8BN. The highest BCUT2D eigenvalue weighted by Gasteiger charge is 1.61. The molecule has 0 radical (unpaired) electrons. The van der Waals surface area contributed by atoms with Gasteiger partial charge in [-0.15, -0.1) is 0 Å². The Hall–Kier alpha value is -0.265. The first-order valence-electron chi connectivity index (χ1n) is 1.67. The Kier molecular flexibility index (Phi) is 1.90. The highest BCUT2D eigenvalue weighted by atomic mass is 14.6. The third-order valence-electron chi connectivity index (χ3n) is 0.447. The summed E-state index contributed by atoms with van der Waals surface area (Å²) < 4.78 is 0. The van der Waals surface area contributed by atoms with Gasteiger partial charge in [-0.1, -0.05) is 0 Å². The van der Waals surface area contributed by atoms with E-state index in [1.165, 1.54) is 0 Å². The molecule has 0 bridgehead atoms. The van der Waals surface area contributed by atoms with Crippen molar-refractivity contribution in [1.29, 1.82) is 0 Å². The lowest BCUT2D eigenvalue weighted by atomic mass is 10.4. The lowest BCUT2D eigenvalue weighted by Crippen LogP contribution is -1.75. The van der Waals surface area contributed by atoms with Crippen LogP contribution in [0.3, 0.4) is 0 Å². The number of hydrogen-bond acceptors (Lipinski definition) is 1. The van der Waals surface area contributed by atoms with E-state index < -0.39 is 0 Å². The monoisotopic (exact) mass is 69.1 g/mol. The van der Waals surface area contributed by atoms with Gasteiger partial charge in [-0.25, -0.2) is 0 Å².